The van der Waals surface area contributed by atoms with Gasteiger partial charge in [-0.3, -0.25) is 14.5 Å². The number of likely N-dealkylation sites (tertiary alicyclic amines) is 1. The van der Waals surface area contributed by atoms with Crippen LogP contribution in [0.3, 0.4) is 0 Å². The fourth-order valence-electron chi connectivity index (χ4n) is 4.92. The molecule has 1 aromatic rings. The largest absolute Gasteiger partial charge is 0.336 e. The summed E-state index contributed by atoms with van der Waals surface area (Å²) < 4.78 is 0. The van der Waals surface area contributed by atoms with Gasteiger partial charge in [0, 0.05) is 50.6 Å². The minimum atomic E-state index is -0.847. The van der Waals surface area contributed by atoms with E-state index in [0.29, 0.717) is 39.0 Å². The third-order valence-electron chi connectivity index (χ3n) is 6.47. The second kappa shape index (κ2) is 7.23. The van der Waals surface area contributed by atoms with E-state index in [2.05, 4.69) is 0 Å². The second-order valence-corrected chi connectivity index (χ2v) is 9.51. The fraction of sp³-hybridized carbons (Fsp3) is 0.571. The molecule has 8 heteroatoms. The van der Waals surface area contributed by atoms with E-state index in [1.807, 2.05) is 39.0 Å². The van der Waals surface area contributed by atoms with Crippen LogP contribution in [0, 0.1) is 0 Å². The normalized spacial score (nSPS) is 26.6. The van der Waals surface area contributed by atoms with Gasteiger partial charge in [-0.15, -0.1) is 0 Å². The first-order valence-electron chi connectivity index (χ1n) is 10.5. The predicted molar refractivity (Wildman–Crippen MR) is 111 cm³/mol. The topological polar surface area (TPSA) is 64.2 Å². The number of hydrogen-bond donors (Lipinski definition) is 0. The molecule has 0 unspecified atom stereocenters. The summed E-state index contributed by atoms with van der Waals surface area (Å²) in [5.74, 6) is 0.0318. The van der Waals surface area contributed by atoms with Gasteiger partial charge in [0.2, 0.25) is 5.91 Å². The van der Waals surface area contributed by atoms with Crippen LogP contribution in [0.15, 0.2) is 29.2 Å². The maximum absolute atomic E-state index is 13.6. The summed E-state index contributed by atoms with van der Waals surface area (Å²) in [6, 6.07) is 7.87. The third-order valence-corrected chi connectivity index (χ3v) is 7.94. The van der Waals surface area contributed by atoms with Crippen LogP contribution in [0.5, 0.6) is 0 Å². The van der Waals surface area contributed by atoms with E-state index in [0.717, 1.165) is 36.5 Å². The Balaban J connectivity index is 1.29. The van der Waals surface area contributed by atoms with E-state index in [1.165, 1.54) is 18.2 Å². The SMILES string of the molecule is O=C(N1CCCCC1)N1CCN(C(=O)[C@]23CCC(=O)N2c2ccccc2S3)CC1. The Bertz CT molecular complexity index is 848. The number of benzene rings is 1. The van der Waals surface area contributed by atoms with Gasteiger partial charge in [0.1, 0.15) is 0 Å². The number of amides is 4. The van der Waals surface area contributed by atoms with Crippen molar-refractivity contribution in [2.75, 3.05) is 44.2 Å². The number of para-hydroxylation sites is 1. The molecule has 154 valence electrons. The summed E-state index contributed by atoms with van der Waals surface area (Å²) in [4.78, 5) is 46.5. The highest BCUT2D eigenvalue weighted by molar-refractivity contribution is 8.02. The van der Waals surface area contributed by atoms with Crippen molar-refractivity contribution in [3.63, 3.8) is 0 Å². The van der Waals surface area contributed by atoms with E-state index in [4.69, 9.17) is 0 Å². The number of hydrogen-bond acceptors (Lipinski definition) is 4. The average Bonchev–Trinajstić information content (AvgIpc) is 3.29. The van der Waals surface area contributed by atoms with Crippen molar-refractivity contribution in [1.82, 2.24) is 14.7 Å². The summed E-state index contributed by atoms with van der Waals surface area (Å²) in [6.07, 6.45) is 4.30. The van der Waals surface area contributed by atoms with Crippen LogP contribution in [0.1, 0.15) is 32.1 Å². The molecule has 0 bridgehead atoms. The molecule has 4 heterocycles. The molecule has 0 N–H and O–H groups in total. The van der Waals surface area contributed by atoms with Gasteiger partial charge in [-0.2, -0.15) is 0 Å². The lowest BCUT2D eigenvalue weighted by atomic mass is 10.1. The molecule has 5 rings (SSSR count). The molecular weight excluding hydrogens is 388 g/mol. The molecule has 0 radical (unpaired) electrons. The smallest absolute Gasteiger partial charge is 0.320 e. The van der Waals surface area contributed by atoms with Crippen LogP contribution in [-0.4, -0.2) is 76.7 Å². The molecule has 4 aliphatic rings. The molecule has 4 aliphatic heterocycles. The number of piperazine rings is 1. The van der Waals surface area contributed by atoms with Crippen molar-refractivity contribution in [3.05, 3.63) is 24.3 Å². The fourth-order valence-corrected chi connectivity index (χ4v) is 6.40. The monoisotopic (exact) mass is 414 g/mol. The highest BCUT2D eigenvalue weighted by Crippen LogP contribution is 2.56. The Kier molecular flexibility index (Phi) is 4.69. The molecule has 1 atom stereocenters. The minimum Gasteiger partial charge on any atom is -0.336 e. The summed E-state index contributed by atoms with van der Waals surface area (Å²) in [7, 11) is 0. The zero-order valence-electron chi connectivity index (χ0n) is 16.5. The first kappa shape index (κ1) is 18.8. The second-order valence-electron chi connectivity index (χ2n) is 8.19. The Morgan fingerprint density at radius 1 is 0.862 bits per heavy atom. The summed E-state index contributed by atoms with van der Waals surface area (Å²) in [5, 5.41) is 0. The standard InChI is InChI=1S/C21H26N4O3S/c26-18-8-9-21(25(18)16-6-2-3-7-17(16)29-21)19(27)22-12-14-24(15-13-22)20(28)23-10-4-1-5-11-23/h2-3,6-7H,1,4-5,8-15H2/t21-/m1/s1. The Labute approximate surface area is 175 Å². The molecule has 4 amide bonds. The average molecular weight is 415 g/mol. The van der Waals surface area contributed by atoms with Crippen molar-refractivity contribution in [2.45, 2.75) is 41.9 Å². The predicted octanol–water partition coefficient (Wildman–Crippen LogP) is 2.37. The number of nitrogens with zero attached hydrogens (tertiary/aromatic N) is 4. The van der Waals surface area contributed by atoms with Gasteiger partial charge in [-0.1, -0.05) is 23.9 Å². The molecule has 0 saturated carbocycles. The maximum atomic E-state index is 13.6. The van der Waals surface area contributed by atoms with Crippen LogP contribution in [0.25, 0.3) is 0 Å². The number of rotatable bonds is 1. The molecule has 3 saturated heterocycles. The van der Waals surface area contributed by atoms with Crippen molar-refractivity contribution < 1.29 is 14.4 Å². The first-order chi connectivity index (χ1) is 14.1. The molecule has 0 aromatic heterocycles. The molecule has 1 aromatic carbocycles. The van der Waals surface area contributed by atoms with Crippen molar-refractivity contribution >= 4 is 35.3 Å². The van der Waals surface area contributed by atoms with Gasteiger partial charge in [0.05, 0.1) is 5.69 Å². The van der Waals surface area contributed by atoms with Crippen molar-refractivity contribution in [1.29, 1.82) is 0 Å². The van der Waals surface area contributed by atoms with Crippen LogP contribution < -0.4 is 4.90 Å². The highest BCUT2D eigenvalue weighted by Gasteiger charge is 2.58. The van der Waals surface area contributed by atoms with Crippen molar-refractivity contribution in [2.24, 2.45) is 0 Å². The number of piperidine rings is 1. The minimum absolute atomic E-state index is 0.00891. The molecular formula is C21H26N4O3S. The van der Waals surface area contributed by atoms with Gasteiger partial charge in [0.15, 0.2) is 4.87 Å². The van der Waals surface area contributed by atoms with Crippen molar-refractivity contribution in [3.8, 4) is 0 Å². The van der Waals surface area contributed by atoms with Gasteiger partial charge in [-0.05, 0) is 37.8 Å². The van der Waals surface area contributed by atoms with E-state index in [9.17, 15) is 14.4 Å². The lowest BCUT2D eigenvalue weighted by molar-refractivity contribution is -0.135. The molecule has 29 heavy (non-hydrogen) atoms. The van der Waals surface area contributed by atoms with E-state index >= 15 is 0 Å². The van der Waals surface area contributed by atoms with Gasteiger partial charge < -0.3 is 14.7 Å². The quantitative estimate of drug-likeness (QED) is 0.708. The van der Waals surface area contributed by atoms with E-state index in [-0.39, 0.29) is 17.8 Å². The van der Waals surface area contributed by atoms with Crippen LogP contribution >= 0.6 is 11.8 Å². The van der Waals surface area contributed by atoms with E-state index < -0.39 is 4.87 Å². The lowest BCUT2D eigenvalue weighted by Crippen LogP contribution is -2.60. The number of urea groups is 1. The summed E-state index contributed by atoms with van der Waals surface area (Å²) >= 11 is 1.51. The number of carbonyl (C=O) groups is 3. The number of fused-ring (bicyclic) bond motifs is 3. The zero-order chi connectivity index (χ0) is 20.0. The van der Waals surface area contributed by atoms with E-state index in [1.54, 1.807) is 4.90 Å². The number of anilines is 1. The first-order valence-corrected chi connectivity index (χ1v) is 11.4. The van der Waals surface area contributed by atoms with Crippen LogP contribution in [0.4, 0.5) is 10.5 Å². The molecule has 0 aliphatic carbocycles. The zero-order valence-corrected chi connectivity index (χ0v) is 17.3. The van der Waals surface area contributed by atoms with Crippen LogP contribution in [-0.2, 0) is 9.59 Å². The molecule has 3 fully saturated rings. The molecule has 0 spiro atoms. The number of thioether (sulfide) groups is 1. The van der Waals surface area contributed by atoms with Crippen LogP contribution in [0.2, 0.25) is 0 Å². The highest BCUT2D eigenvalue weighted by atomic mass is 32.2. The third kappa shape index (κ3) is 2.99. The Morgan fingerprint density at radius 2 is 1.52 bits per heavy atom. The Morgan fingerprint density at radius 3 is 2.28 bits per heavy atom. The number of carbonyl (C=O) groups excluding carboxylic acids is 3. The summed E-state index contributed by atoms with van der Waals surface area (Å²) in [5.41, 5.74) is 0.854. The van der Waals surface area contributed by atoms with Gasteiger partial charge >= 0.3 is 6.03 Å². The summed E-state index contributed by atoms with van der Waals surface area (Å²) in [6.45, 7) is 3.85. The maximum Gasteiger partial charge on any atom is 0.320 e. The molecule has 7 nitrogen and oxygen atoms in total. The lowest BCUT2D eigenvalue weighted by Gasteiger charge is -2.41. The van der Waals surface area contributed by atoms with Gasteiger partial charge in [0.25, 0.3) is 5.91 Å². The van der Waals surface area contributed by atoms with Gasteiger partial charge in [-0.25, -0.2) is 4.79 Å². The Hall–Kier alpha value is -2.22.